The minimum atomic E-state index is -4.62. The van der Waals surface area contributed by atoms with Crippen molar-refractivity contribution in [3.8, 4) is 0 Å². The number of carbonyl (C=O) groups excluding carboxylic acids is 1. The summed E-state index contributed by atoms with van der Waals surface area (Å²) in [6.07, 6.45) is -4.73. The van der Waals surface area contributed by atoms with Crippen LogP contribution in [0.5, 0.6) is 0 Å². The third-order valence-electron chi connectivity index (χ3n) is 8.82. The van der Waals surface area contributed by atoms with Crippen LogP contribution < -0.4 is 10.2 Å². The molecule has 1 N–H and O–H groups in total. The average molecular weight is 587 g/mol. The van der Waals surface area contributed by atoms with Crippen molar-refractivity contribution in [3.63, 3.8) is 0 Å². The number of piperazine rings is 1. The van der Waals surface area contributed by atoms with E-state index in [0.717, 1.165) is 13.1 Å². The van der Waals surface area contributed by atoms with Crippen LogP contribution in [-0.4, -0.2) is 64.5 Å². The molecule has 2 atom stereocenters. The fraction of sp³-hybridized carbons (Fsp3) is 0.500. The molecule has 6 rings (SSSR count). The lowest BCUT2D eigenvalue weighted by Crippen LogP contribution is -2.52. The molecule has 12 heteroatoms. The van der Waals surface area contributed by atoms with Gasteiger partial charge in [-0.1, -0.05) is 26.0 Å². The Labute approximate surface area is 241 Å². The van der Waals surface area contributed by atoms with Gasteiger partial charge in [-0.25, -0.2) is 4.39 Å². The number of aromatic nitrogens is 3. The van der Waals surface area contributed by atoms with E-state index in [1.807, 2.05) is 0 Å². The van der Waals surface area contributed by atoms with Gasteiger partial charge >= 0.3 is 6.18 Å². The Morgan fingerprint density at radius 2 is 1.98 bits per heavy atom. The lowest BCUT2D eigenvalue weighted by atomic mass is 9.74. The second-order valence-electron chi connectivity index (χ2n) is 12.0. The Morgan fingerprint density at radius 1 is 1.19 bits per heavy atom. The minimum Gasteiger partial charge on any atom is -0.379 e. The highest BCUT2D eigenvalue weighted by Gasteiger charge is 2.51. The molecule has 8 nitrogen and oxygen atoms in total. The summed E-state index contributed by atoms with van der Waals surface area (Å²) in [6.45, 7) is 6.73. The molecule has 2 fully saturated rings. The molecule has 2 aromatic carbocycles. The Bertz CT molecular complexity index is 1480. The molecule has 42 heavy (non-hydrogen) atoms. The van der Waals surface area contributed by atoms with Crippen LogP contribution in [0.2, 0.25) is 0 Å². The van der Waals surface area contributed by atoms with Gasteiger partial charge in [-0.15, -0.1) is 10.2 Å². The molecule has 0 unspecified atom stereocenters. The van der Waals surface area contributed by atoms with Crippen LogP contribution >= 0.6 is 0 Å². The van der Waals surface area contributed by atoms with E-state index in [1.54, 1.807) is 37.4 Å². The lowest BCUT2D eigenvalue weighted by Gasteiger charge is -2.43. The molecule has 0 aliphatic carbocycles. The predicted octanol–water partition coefficient (Wildman–Crippen LogP) is 4.40. The van der Waals surface area contributed by atoms with Gasteiger partial charge in [-0.2, -0.15) is 13.2 Å². The van der Waals surface area contributed by atoms with Gasteiger partial charge in [0.25, 0.3) is 5.91 Å². The van der Waals surface area contributed by atoms with Crippen LogP contribution in [0.1, 0.15) is 58.5 Å². The highest BCUT2D eigenvalue weighted by Crippen LogP contribution is 2.47. The molecule has 1 amide bonds. The third kappa shape index (κ3) is 4.99. The largest absolute Gasteiger partial charge is 0.416 e. The maximum absolute atomic E-state index is 15.9. The van der Waals surface area contributed by atoms with Gasteiger partial charge in [0, 0.05) is 50.5 Å². The number of anilines is 1. The van der Waals surface area contributed by atoms with Gasteiger partial charge in [0.15, 0.2) is 12.0 Å². The van der Waals surface area contributed by atoms with Crippen molar-refractivity contribution in [1.82, 2.24) is 25.0 Å². The molecule has 3 aromatic rings. The van der Waals surface area contributed by atoms with Gasteiger partial charge in [0.1, 0.15) is 6.33 Å². The zero-order valence-electron chi connectivity index (χ0n) is 23.8. The van der Waals surface area contributed by atoms with Gasteiger partial charge < -0.3 is 19.5 Å². The Balaban J connectivity index is 1.31. The van der Waals surface area contributed by atoms with E-state index in [1.165, 1.54) is 21.9 Å². The summed E-state index contributed by atoms with van der Waals surface area (Å²) in [5, 5.41) is 11.2. The fourth-order valence-corrected chi connectivity index (χ4v) is 6.24. The Hall–Kier alpha value is -3.35. The summed E-state index contributed by atoms with van der Waals surface area (Å²) < 4.78 is 65.8. The molecule has 0 radical (unpaired) electrons. The van der Waals surface area contributed by atoms with E-state index in [0.29, 0.717) is 35.8 Å². The first-order chi connectivity index (χ1) is 20.0. The number of nitrogens with zero attached hydrogens (tertiary/aromatic N) is 5. The quantitative estimate of drug-likeness (QED) is 0.414. The second-order valence-corrected chi connectivity index (χ2v) is 12.0. The number of hydrogen-bond acceptors (Lipinski definition) is 6. The average Bonchev–Trinajstić information content (AvgIpc) is 3.50. The SMILES string of the molecule is CC(C)[C@@H]1CN(Cc2cc3c(c(C(F)(F)F)c2)CN(c2cccc(C4([C@@H](F)c5nncn5C)COC4)c2)C3=O)CCN1. The van der Waals surface area contributed by atoms with Crippen molar-refractivity contribution in [2.45, 2.75) is 50.7 Å². The van der Waals surface area contributed by atoms with Crippen LogP contribution in [0.25, 0.3) is 0 Å². The highest BCUT2D eigenvalue weighted by molar-refractivity contribution is 6.10. The number of halogens is 4. The summed E-state index contributed by atoms with van der Waals surface area (Å²) in [7, 11) is 1.66. The van der Waals surface area contributed by atoms with Crippen molar-refractivity contribution in [1.29, 1.82) is 0 Å². The first kappa shape index (κ1) is 28.8. The summed E-state index contributed by atoms with van der Waals surface area (Å²) >= 11 is 0. The van der Waals surface area contributed by atoms with Crippen LogP contribution in [-0.2, 0) is 36.5 Å². The zero-order valence-corrected chi connectivity index (χ0v) is 23.8. The normalized spacial score (nSPS) is 21.5. The van der Waals surface area contributed by atoms with Crippen LogP contribution in [0.3, 0.4) is 0 Å². The Kier molecular flexibility index (Phi) is 7.35. The molecule has 224 valence electrons. The number of ether oxygens (including phenoxy) is 1. The Morgan fingerprint density at radius 3 is 2.62 bits per heavy atom. The number of alkyl halides is 4. The van der Waals surface area contributed by atoms with E-state index in [2.05, 4.69) is 34.3 Å². The topological polar surface area (TPSA) is 75.5 Å². The number of amides is 1. The maximum atomic E-state index is 15.9. The second kappa shape index (κ2) is 10.7. The molecule has 3 aliphatic heterocycles. The van der Waals surface area contributed by atoms with Gasteiger partial charge in [-0.05, 0) is 46.9 Å². The van der Waals surface area contributed by atoms with E-state index >= 15 is 4.39 Å². The first-order valence-corrected chi connectivity index (χ1v) is 14.1. The highest BCUT2D eigenvalue weighted by atomic mass is 19.4. The van der Waals surface area contributed by atoms with Crippen molar-refractivity contribution in [2.24, 2.45) is 13.0 Å². The predicted molar refractivity (Wildman–Crippen MR) is 148 cm³/mol. The molecule has 4 heterocycles. The van der Waals surface area contributed by atoms with Crippen molar-refractivity contribution in [2.75, 3.05) is 37.7 Å². The summed E-state index contributed by atoms with van der Waals surface area (Å²) in [4.78, 5) is 17.2. The number of fused-ring (bicyclic) bond motifs is 1. The molecule has 1 aromatic heterocycles. The lowest BCUT2D eigenvalue weighted by molar-refractivity contribution is -0.138. The van der Waals surface area contributed by atoms with E-state index in [9.17, 15) is 18.0 Å². The zero-order chi connectivity index (χ0) is 29.8. The van der Waals surface area contributed by atoms with Crippen LogP contribution in [0.15, 0.2) is 42.7 Å². The smallest absolute Gasteiger partial charge is 0.379 e. The molecule has 3 aliphatic rings. The van der Waals surface area contributed by atoms with E-state index in [4.69, 9.17) is 4.74 Å². The minimum absolute atomic E-state index is 0.0360. The standard InChI is InChI=1S/C30H34F4N6O2/c1-18(2)25-14-39(8-7-35-25)12-19-9-22-23(24(10-19)30(32,33)34)13-40(28(22)41)21-6-4-5-20(11-21)29(15-42-16-29)26(31)27-37-36-17-38(27)3/h4-6,9-11,17-18,25-26,35H,7-8,12-16H2,1-3H3/t25-,26-/m0/s1. The van der Waals surface area contributed by atoms with E-state index in [-0.39, 0.29) is 42.8 Å². The first-order valence-electron chi connectivity index (χ1n) is 14.1. The third-order valence-corrected chi connectivity index (χ3v) is 8.82. The fourth-order valence-electron chi connectivity index (χ4n) is 6.24. The number of carbonyl (C=O) groups is 1. The van der Waals surface area contributed by atoms with Crippen LogP contribution in [0, 0.1) is 5.92 Å². The number of aryl methyl sites for hydroxylation is 1. The summed E-state index contributed by atoms with van der Waals surface area (Å²) in [6, 6.07) is 9.83. The number of hydrogen-bond donors (Lipinski definition) is 1. The monoisotopic (exact) mass is 586 g/mol. The molecule has 2 saturated heterocycles. The van der Waals surface area contributed by atoms with Crippen molar-refractivity contribution in [3.05, 3.63) is 76.4 Å². The molecular formula is C30H34F4N6O2. The van der Waals surface area contributed by atoms with Crippen molar-refractivity contribution < 1.29 is 27.1 Å². The molecule has 0 bridgehead atoms. The summed E-state index contributed by atoms with van der Waals surface area (Å²) in [5.74, 6) is 0.0435. The van der Waals surface area contributed by atoms with Gasteiger partial charge in [-0.3, -0.25) is 9.69 Å². The van der Waals surface area contributed by atoms with Crippen molar-refractivity contribution >= 4 is 11.6 Å². The number of nitrogens with one attached hydrogen (secondary N) is 1. The molecule has 0 spiro atoms. The van der Waals surface area contributed by atoms with Gasteiger partial charge in [0.2, 0.25) is 0 Å². The molecule has 0 saturated carbocycles. The maximum Gasteiger partial charge on any atom is 0.416 e. The number of rotatable bonds is 7. The van der Waals surface area contributed by atoms with E-state index < -0.39 is 29.2 Å². The van der Waals surface area contributed by atoms with Gasteiger partial charge in [0.05, 0.1) is 30.7 Å². The molecular weight excluding hydrogens is 552 g/mol. The number of benzene rings is 2. The summed E-state index contributed by atoms with van der Waals surface area (Å²) in [5.41, 5.74) is -0.358. The van der Waals surface area contributed by atoms with Crippen LogP contribution in [0.4, 0.5) is 23.2 Å².